The Labute approximate surface area is 161 Å². The molecular formula is C22H17O5P. The van der Waals surface area contributed by atoms with Gasteiger partial charge in [0.15, 0.2) is 0 Å². The summed E-state index contributed by atoms with van der Waals surface area (Å²) in [5.41, 5.74) is 2.02. The van der Waals surface area contributed by atoms with E-state index in [2.05, 4.69) is 0 Å². The van der Waals surface area contributed by atoms with Gasteiger partial charge in [-0.1, -0.05) is 72.8 Å². The number of hydrogen-bond acceptors (Lipinski definition) is 3. The van der Waals surface area contributed by atoms with Crippen LogP contribution < -0.4 is 5.30 Å². The van der Waals surface area contributed by atoms with Crippen LogP contribution in [-0.2, 0) is 4.57 Å². The highest BCUT2D eigenvalue weighted by atomic mass is 31.2. The van der Waals surface area contributed by atoms with Gasteiger partial charge < -0.3 is 20.0 Å². The zero-order valence-electron chi connectivity index (χ0n) is 14.6. The Hall–Kier alpha value is -3.11. The summed E-state index contributed by atoms with van der Waals surface area (Å²) in [4.78, 5) is 19.5. The van der Waals surface area contributed by atoms with Crippen LogP contribution in [0.2, 0.25) is 0 Å². The average molecular weight is 392 g/mol. The maximum Gasteiger partial charge on any atom is 0.356 e. The largest absolute Gasteiger partial charge is 0.507 e. The van der Waals surface area contributed by atoms with Crippen molar-refractivity contribution in [3.63, 3.8) is 0 Å². The predicted octanol–water partition coefficient (Wildman–Crippen LogP) is 4.39. The molecule has 0 saturated heterocycles. The first-order valence-corrected chi connectivity index (χ1v) is 10.2. The fourth-order valence-electron chi connectivity index (χ4n) is 3.50. The van der Waals surface area contributed by atoms with Crippen molar-refractivity contribution in [3.8, 4) is 33.8 Å². The van der Waals surface area contributed by atoms with Gasteiger partial charge in [-0.05, 0) is 17.2 Å². The molecule has 0 aliphatic carbocycles. The molecule has 0 atom stereocenters. The van der Waals surface area contributed by atoms with E-state index in [-0.39, 0.29) is 27.6 Å². The summed E-state index contributed by atoms with van der Waals surface area (Å²) in [5.74, 6) is -0.426. The van der Waals surface area contributed by atoms with E-state index in [4.69, 9.17) is 0 Å². The van der Waals surface area contributed by atoms with Gasteiger partial charge in [0, 0.05) is 21.9 Å². The highest BCUT2D eigenvalue weighted by Gasteiger charge is 2.28. The Morgan fingerprint density at radius 1 is 0.607 bits per heavy atom. The van der Waals surface area contributed by atoms with Crippen LogP contribution in [0.1, 0.15) is 0 Å². The lowest BCUT2D eigenvalue weighted by atomic mass is 9.89. The van der Waals surface area contributed by atoms with Gasteiger partial charge >= 0.3 is 7.60 Å². The first-order chi connectivity index (χ1) is 13.4. The summed E-state index contributed by atoms with van der Waals surface area (Å²) in [5, 5.41) is 22.1. The van der Waals surface area contributed by atoms with Gasteiger partial charge in [0.2, 0.25) is 0 Å². The lowest BCUT2D eigenvalue weighted by Gasteiger charge is -2.19. The SMILES string of the molecule is O=P(O)(O)c1cccc2c(O)c(-c3ccccc3)c(-c3ccccc3)c(O)c12. The van der Waals surface area contributed by atoms with E-state index in [0.29, 0.717) is 22.3 Å². The van der Waals surface area contributed by atoms with E-state index in [1.54, 1.807) is 36.4 Å². The van der Waals surface area contributed by atoms with E-state index in [1.165, 1.54) is 18.2 Å². The number of fused-ring (bicyclic) bond motifs is 1. The monoisotopic (exact) mass is 392 g/mol. The first-order valence-electron chi connectivity index (χ1n) is 8.57. The van der Waals surface area contributed by atoms with Crippen molar-refractivity contribution in [2.75, 3.05) is 0 Å². The van der Waals surface area contributed by atoms with Gasteiger partial charge in [-0.2, -0.15) is 0 Å². The van der Waals surface area contributed by atoms with Gasteiger partial charge in [-0.3, -0.25) is 4.57 Å². The van der Waals surface area contributed by atoms with E-state index in [9.17, 15) is 24.6 Å². The molecule has 4 N–H and O–H groups in total. The number of rotatable bonds is 3. The Morgan fingerprint density at radius 3 is 1.61 bits per heavy atom. The van der Waals surface area contributed by atoms with E-state index in [1.807, 2.05) is 24.3 Å². The van der Waals surface area contributed by atoms with Crippen LogP contribution in [0.4, 0.5) is 0 Å². The second-order valence-corrected chi connectivity index (χ2v) is 7.99. The molecule has 6 heteroatoms. The average Bonchev–Trinajstić information content (AvgIpc) is 2.70. The van der Waals surface area contributed by atoms with Gasteiger partial charge in [0.25, 0.3) is 0 Å². The molecule has 0 spiro atoms. The fourth-order valence-corrected chi connectivity index (χ4v) is 4.30. The standard InChI is InChI=1S/C22H17O5P/c23-21-16-12-7-13-17(28(25,26)27)20(16)22(24)19(15-10-5-2-6-11-15)18(21)14-8-3-1-4-9-14/h1-13,23-24H,(H2,25,26,27). The van der Waals surface area contributed by atoms with Crippen molar-refractivity contribution >= 4 is 23.7 Å². The zero-order valence-corrected chi connectivity index (χ0v) is 15.5. The molecule has 0 bridgehead atoms. The summed E-state index contributed by atoms with van der Waals surface area (Å²) in [6.45, 7) is 0. The fraction of sp³-hybridized carbons (Fsp3) is 0. The third-order valence-corrected chi connectivity index (χ3v) is 5.70. The topological polar surface area (TPSA) is 98.0 Å². The Balaban J connectivity index is 2.24. The van der Waals surface area contributed by atoms with Crippen molar-refractivity contribution in [3.05, 3.63) is 78.9 Å². The molecule has 0 heterocycles. The molecule has 0 aliphatic rings. The molecule has 0 unspecified atom stereocenters. The predicted molar refractivity (Wildman–Crippen MR) is 110 cm³/mol. The molecule has 0 fully saturated rings. The van der Waals surface area contributed by atoms with Crippen LogP contribution in [0, 0.1) is 0 Å². The summed E-state index contributed by atoms with van der Waals surface area (Å²) in [6.07, 6.45) is 0. The van der Waals surface area contributed by atoms with Gasteiger partial charge in [-0.15, -0.1) is 0 Å². The van der Waals surface area contributed by atoms with Crippen LogP contribution in [-0.4, -0.2) is 20.0 Å². The lowest BCUT2D eigenvalue weighted by molar-refractivity contribution is 0.387. The number of hydrogen-bond donors (Lipinski definition) is 4. The Kier molecular flexibility index (Phi) is 4.44. The molecule has 5 nitrogen and oxygen atoms in total. The maximum atomic E-state index is 12.0. The minimum atomic E-state index is -4.68. The minimum absolute atomic E-state index is 0.0492. The molecule has 4 aromatic rings. The molecular weight excluding hydrogens is 375 g/mol. The van der Waals surface area contributed by atoms with Crippen molar-refractivity contribution in [1.29, 1.82) is 0 Å². The van der Waals surface area contributed by atoms with Crippen molar-refractivity contribution in [1.82, 2.24) is 0 Å². The normalized spacial score (nSPS) is 11.6. The lowest BCUT2D eigenvalue weighted by Crippen LogP contribution is -2.06. The Morgan fingerprint density at radius 2 is 1.11 bits per heavy atom. The van der Waals surface area contributed by atoms with Crippen LogP contribution in [0.5, 0.6) is 11.5 Å². The zero-order chi connectivity index (χ0) is 19.9. The van der Waals surface area contributed by atoms with Crippen LogP contribution in [0.15, 0.2) is 78.9 Å². The number of phenolic OH excluding ortho intramolecular Hbond substituents is 2. The van der Waals surface area contributed by atoms with Gasteiger partial charge in [-0.25, -0.2) is 0 Å². The molecule has 140 valence electrons. The van der Waals surface area contributed by atoms with Gasteiger partial charge in [0.05, 0.1) is 5.30 Å². The van der Waals surface area contributed by atoms with Crippen LogP contribution in [0.3, 0.4) is 0 Å². The quantitative estimate of drug-likeness (QED) is 0.306. The van der Waals surface area contributed by atoms with Crippen molar-refractivity contribution < 1.29 is 24.6 Å². The van der Waals surface area contributed by atoms with Crippen molar-refractivity contribution in [2.45, 2.75) is 0 Å². The van der Waals surface area contributed by atoms with Gasteiger partial charge in [0.1, 0.15) is 11.5 Å². The summed E-state index contributed by atoms with van der Waals surface area (Å²) in [6, 6.07) is 22.3. The molecule has 0 aromatic heterocycles. The second-order valence-electron chi connectivity index (χ2n) is 6.42. The third kappa shape index (κ3) is 2.96. The smallest absolute Gasteiger partial charge is 0.356 e. The molecule has 4 rings (SSSR count). The van der Waals surface area contributed by atoms with E-state index >= 15 is 0 Å². The maximum absolute atomic E-state index is 12.0. The number of benzene rings is 4. The Bertz CT molecular complexity index is 1210. The summed E-state index contributed by atoms with van der Waals surface area (Å²) in [7, 11) is -4.68. The first kappa shape index (κ1) is 18.3. The van der Waals surface area contributed by atoms with Crippen LogP contribution in [0.25, 0.3) is 33.0 Å². The summed E-state index contributed by atoms with van der Waals surface area (Å²) >= 11 is 0. The third-order valence-electron chi connectivity index (χ3n) is 4.70. The molecule has 0 aliphatic heterocycles. The van der Waals surface area contributed by atoms with E-state index < -0.39 is 7.60 Å². The number of phenols is 2. The van der Waals surface area contributed by atoms with Crippen LogP contribution >= 0.6 is 7.60 Å². The molecule has 0 amide bonds. The minimum Gasteiger partial charge on any atom is -0.507 e. The summed E-state index contributed by atoms with van der Waals surface area (Å²) < 4.78 is 12.0. The highest BCUT2D eigenvalue weighted by Crippen LogP contribution is 2.51. The molecule has 28 heavy (non-hydrogen) atoms. The second kappa shape index (κ2) is 6.80. The number of aromatic hydroxyl groups is 2. The highest BCUT2D eigenvalue weighted by molar-refractivity contribution is 7.60. The molecule has 0 radical (unpaired) electrons. The van der Waals surface area contributed by atoms with E-state index in [0.717, 1.165) is 0 Å². The molecule has 4 aromatic carbocycles. The molecule has 0 saturated carbocycles. The van der Waals surface area contributed by atoms with Crippen molar-refractivity contribution in [2.24, 2.45) is 0 Å².